The zero-order chi connectivity index (χ0) is 20.2. The number of amides is 2. The number of hydrogen-bond acceptors (Lipinski definition) is 4. The first-order valence-electron chi connectivity index (χ1n) is 8.97. The lowest BCUT2D eigenvalue weighted by Gasteiger charge is -2.25. The first kappa shape index (κ1) is 19.0. The maximum Gasteiger partial charge on any atom is 0.266 e. The number of nitrogens with one attached hydrogen (secondary N) is 2. The van der Waals surface area contributed by atoms with E-state index in [0.29, 0.717) is 28.6 Å². The summed E-state index contributed by atoms with van der Waals surface area (Å²) in [4.78, 5) is 24.5. The molecular formula is C22H17BrN2O4. The number of fused-ring (bicyclic) bond motifs is 1. The first-order valence-corrected chi connectivity index (χ1v) is 9.76. The molecule has 1 heterocycles. The van der Waals surface area contributed by atoms with Crippen molar-refractivity contribution in [2.24, 2.45) is 0 Å². The topological polar surface area (TPSA) is 76.7 Å². The standard InChI is InChI=1S/C22H17BrN2O4/c23-14-5-9-16(10-6-14)28-17-11-7-15(8-12-17)24-21(26)13-20-22(27)25-18-3-1-2-4-19(18)29-20/h1-12,20H,13H2,(H,24,26)(H,25,27). The van der Waals surface area contributed by atoms with Gasteiger partial charge in [0, 0.05) is 10.2 Å². The van der Waals surface area contributed by atoms with Gasteiger partial charge in [0.15, 0.2) is 6.10 Å². The average Bonchev–Trinajstić information content (AvgIpc) is 2.72. The van der Waals surface area contributed by atoms with Crippen LogP contribution in [0, 0.1) is 0 Å². The number of carbonyl (C=O) groups is 2. The first-order chi connectivity index (χ1) is 14.1. The van der Waals surface area contributed by atoms with Crippen molar-refractivity contribution < 1.29 is 19.1 Å². The molecule has 7 heteroatoms. The molecule has 4 rings (SSSR count). The quantitative estimate of drug-likeness (QED) is 0.572. The zero-order valence-electron chi connectivity index (χ0n) is 15.2. The molecule has 0 aliphatic carbocycles. The molecule has 3 aromatic carbocycles. The van der Waals surface area contributed by atoms with Crippen molar-refractivity contribution in [2.75, 3.05) is 10.6 Å². The predicted molar refractivity (Wildman–Crippen MR) is 113 cm³/mol. The number of rotatable bonds is 5. The van der Waals surface area contributed by atoms with Gasteiger partial charge in [-0.15, -0.1) is 0 Å². The number of para-hydroxylation sites is 2. The summed E-state index contributed by atoms with van der Waals surface area (Å²) in [6.07, 6.45) is -0.956. The van der Waals surface area contributed by atoms with Gasteiger partial charge in [-0.05, 0) is 60.7 Å². The van der Waals surface area contributed by atoms with Crippen LogP contribution in [0.15, 0.2) is 77.3 Å². The van der Waals surface area contributed by atoms with Crippen molar-refractivity contribution in [3.63, 3.8) is 0 Å². The second-order valence-electron chi connectivity index (χ2n) is 6.42. The van der Waals surface area contributed by atoms with Crippen LogP contribution in [0.1, 0.15) is 6.42 Å². The molecule has 0 fully saturated rings. The number of anilines is 2. The molecule has 0 saturated heterocycles. The Hall–Kier alpha value is -3.32. The predicted octanol–water partition coefficient (Wildman–Crippen LogP) is 4.97. The Bertz CT molecular complexity index is 1040. The largest absolute Gasteiger partial charge is 0.478 e. The van der Waals surface area contributed by atoms with Gasteiger partial charge in [0.25, 0.3) is 5.91 Å². The fourth-order valence-electron chi connectivity index (χ4n) is 2.85. The number of ether oxygens (including phenoxy) is 2. The van der Waals surface area contributed by atoms with Crippen LogP contribution in [0.5, 0.6) is 17.2 Å². The fraction of sp³-hybridized carbons (Fsp3) is 0.0909. The maximum atomic E-state index is 12.3. The van der Waals surface area contributed by atoms with Gasteiger partial charge in [0.2, 0.25) is 5.91 Å². The van der Waals surface area contributed by atoms with Crippen LogP contribution >= 0.6 is 15.9 Å². The Morgan fingerprint density at radius 2 is 1.66 bits per heavy atom. The molecule has 6 nitrogen and oxygen atoms in total. The van der Waals surface area contributed by atoms with Crippen molar-refractivity contribution in [1.82, 2.24) is 0 Å². The molecule has 0 bridgehead atoms. The summed E-state index contributed by atoms with van der Waals surface area (Å²) in [5.41, 5.74) is 1.21. The highest BCUT2D eigenvalue weighted by atomic mass is 79.9. The van der Waals surface area contributed by atoms with Crippen LogP contribution in [0.2, 0.25) is 0 Å². The third-order valence-electron chi connectivity index (χ3n) is 4.26. The smallest absolute Gasteiger partial charge is 0.266 e. The van der Waals surface area contributed by atoms with E-state index in [4.69, 9.17) is 9.47 Å². The fourth-order valence-corrected chi connectivity index (χ4v) is 3.12. The zero-order valence-corrected chi connectivity index (χ0v) is 16.8. The van der Waals surface area contributed by atoms with Crippen LogP contribution in [0.25, 0.3) is 0 Å². The SMILES string of the molecule is O=C(CC1Oc2ccccc2NC1=O)Nc1ccc(Oc2ccc(Br)cc2)cc1. The molecule has 1 unspecified atom stereocenters. The highest BCUT2D eigenvalue weighted by Crippen LogP contribution is 2.30. The third-order valence-corrected chi connectivity index (χ3v) is 4.79. The van der Waals surface area contributed by atoms with Crippen LogP contribution in [0.4, 0.5) is 11.4 Å². The summed E-state index contributed by atoms with van der Waals surface area (Å²) >= 11 is 3.38. The number of benzene rings is 3. The van der Waals surface area contributed by atoms with E-state index >= 15 is 0 Å². The summed E-state index contributed by atoms with van der Waals surface area (Å²) in [6.45, 7) is 0. The number of carbonyl (C=O) groups excluding carboxylic acids is 2. The molecule has 0 radical (unpaired) electrons. The van der Waals surface area contributed by atoms with E-state index in [1.807, 2.05) is 30.3 Å². The molecule has 29 heavy (non-hydrogen) atoms. The van der Waals surface area contributed by atoms with Gasteiger partial charge in [-0.25, -0.2) is 0 Å². The molecule has 1 aliphatic rings. The lowest BCUT2D eigenvalue weighted by Crippen LogP contribution is -2.39. The van der Waals surface area contributed by atoms with Crippen molar-refractivity contribution in [2.45, 2.75) is 12.5 Å². The van der Waals surface area contributed by atoms with E-state index in [1.54, 1.807) is 42.5 Å². The van der Waals surface area contributed by atoms with E-state index in [1.165, 1.54) is 0 Å². The number of hydrogen-bond donors (Lipinski definition) is 2. The monoisotopic (exact) mass is 452 g/mol. The van der Waals surface area contributed by atoms with Crippen LogP contribution in [-0.2, 0) is 9.59 Å². The molecular weight excluding hydrogens is 436 g/mol. The summed E-state index contributed by atoms with van der Waals surface area (Å²) in [5.74, 6) is 1.27. The van der Waals surface area contributed by atoms with Crippen LogP contribution in [-0.4, -0.2) is 17.9 Å². The average molecular weight is 453 g/mol. The Balaban J connectivity index is 1.34. The molecule has 146 valence electrons. The molecule has 3 aromatic rings. The minimum absolute atomic E-state index is 0.0860. The maximum absolute atomic E-state index is 12.3. The van der Waals surface area contributed by atoms with Crippen LogP contribution < -0.4 is 20.1 Å². The number of halogens is 1. The molecule has 0 saturated carbocycles. The van der Waals surface area contributed by atoms with E-state index in [9.17, 15) is 9.59 Å². The third kappa shape index (κ3) is 4.75. The molecule has 2 N–H and O–H groups in total. The molecule has 0 aromatic heterocycles. The molecule has 1 atom stereocenters. The highest BCUT2D eigenvalue weighted by Gasteiger charge is 2.29. The minimum Gasteiger partial charge on any atom is -0.478 e. The molecule has 2 amide bonds. The van der Waals surface area contributed by atoms with Gasteiger partial charge in [-0.2, -0.15) is 0 Å². The van der Waals surface area contributed by atoms with Crippen molar-refractivity contribution >= 4 is 39.1 Å². The van der Waals surface area contributed by atoms with E-state index < -0.39 is 6.10 Å². The minimum atomic E-state index is -0.870. The lowest BCUT2D eigenvalue weighted by molar-refractivity contribution is -0.128. The normalized spacial score (nSPS) is 14.9. The van der Waals surface area contributed by atoms with Gasteiger partial charge in [-0.1, -0.05) is 28.1 Å². The summed E-state index contributed by atoms with van der Waals surface area (Å²) in [6, 6.07) is 21.6. The van der Waals surface area contributed by atoms with Gasteiger partial charge in [0.05, 0.1) is 12.1 Å². The molecule has 0 spiro atoms. The Kier molecular flexibility index (Phi) is 5.48. The van der Waals surface area contributed by atoms with Gasteiger partial charge in [-0.3, -0.25) is 9.59 Å². The second kappa shape index (κ2) is 8.36. The van der Waals surface area contributed by atoms with Gasteiger partial charge >= 0.3 is 0 Å². The molecule has 1 aliphatic heterocycles. The van der Waals surface area contributed by atoms with E-state index in [2.05, 4.69) is 26.6 Å². The van der Waals surface area contributed by atoms with Gasteiger partial charge < -0.3 is 20.1 Å². The highest BCUT2D eigenvalue weighted by molar-refractivity contribution is 9.10. The van der Waals surface area contributed by atoms with Crippen LogP contribution in [0.3, 0.4) is 0 Å². The Morgan fingerprint density at radius 3 is 2.38 bits per heavy atom. The summed E-state index contributed by atoms with van der Waals surface area (Å²) < 4.78 is 12.4. The summed E-state index contributed by atoms with van der Waals surface area (Å²) in [7, 11) is 0. The van der Waals surface area contributed by atoms with Gasteiger partial charge in [0.1, 0.15) is 17.2 Å². The summed E-state index contributed by atoms with van der Waals surface area (Å²) in [5, 5.41) is 5.52. The van der Waals surface area contributed by atoms with Crippen molar-refractivity contribution in [1.29, 1.82) is 0 Å². The van der Waals surface area contributed by atoms with E-state index in [0.717, 1.165) is 4.47 Å². The lowest BCUT2D eigenvalue weighted by atomic mass is 10.1. The van der Waals surface area contributed by atoms with Crippen molar-refractivity contribution in [3.8, 4) is 17.2 Å². The Morgan fingerprint density at radius 1 is 1.00 bits per heavy atom. The van der Waals surface area contributed by atoms with E-state index in [-0.39, 0.29) is 18.2 Å². The Labute approximate surface area is 176 Å². The van der Waals surface area contributed by atoms with Crippen molar-refractivity contribution in [3.05, 3.63) is 77.3 Å². The second-order valence-corrected chi connectivity index (χ2v) is 7.34.